The molecule has 0 atom stereocenters. The maximum atomic E-state index is 11.9. The molecule has 6 heteroatoms. The Morgan fingerprint density at radius 1 is 0.923 bits per heavy atom. The zero-order chi connectivity index (χ0) is 17.8. The van der Waals surface area contributed by atoms with Gasteiger partial charge in [-0.15, -0.1) is 0 Å². The number of hydrogen-bond donors (Lipinski definition) is 1. The molecule has 26 heavy (non-hydrogen) atoms. The third-order valence-electron chi connectivity index (χ3n) is 3.72. The van der Waals surface area contributed by atoms with Crippen molar-refractivity contribution in [2.75, 3.05) is 0 Å². The second-order valence-corrected chi connectivity index (χ2v) is 6.56. The van der Waals surface area contributed by atoms with Crippen molar-refractivity contribution in [1.82, 2.24) is 15.0 Å². The zero-order valence-corrected chi connectivity index (χ0v) is 14.6. The number of benzene rings is 2. The molecule has 5 nitrogen and oxygen atoms in total. The van der Waals surface area contributed by atoms with E-state index in [2.05, 4.69) is 15.0 Å². The maximum Gasteiger partial charge on any atom is 0.252 e. The van der Waals surface area contributed by atoms with E-state index in [-0.39, 0.29) is 5.56 Å². The summed E-state index contributed by atoms with van der Waals surface area (Å²) in [5.41, 5.74) is 3.12. The predicted molar refractivity (Wildman–Crippen MR) is 102 cm³/mol. The Morgan fingerprint density at radius 2 is 1.62 bits per heavy atom. The van der Waals surface area contributed by atoms with Crippen LogP contribution < -0.4 is 5.56 Å². The van der Waals surface area contributed by atoms with Crippen molar-refractivity contribution in [2.45, 2.75) is 10.9 Å². The van der Waals surface area contributed by atoms with Crippen LogP contribution in [0.15, 0.2) is 87.4 Å². The third-order valence-corrected chi connectivity index (χ3v) is 4.63. The molecule has 2 heterocycles. The lowest BCUT2D eigenvalue weighted by Gasteiger charge is -2.03. The van der Waals surface area contributed by atoms with E-state index in [9.17, 15) is 4.79 Å². The second kappa shape index (κ2) is 7.41. The van der Waals surface area contributed by atoms with Crippen LogP contribution in [0.25, 0.3) is 22.7 Å². The molecule has 0 saturated heterocycles. The maximum absolute atomic E-state index is 11.9. The molecule has 4 rings (SSSR count). The summed E-state index contributed by atoms with van der Waals surface area (Å²) in [5, 5.41) is 0.556. The van der Waals surface area contributed by atoms with Gasteiger partial charge in [-0.2, -0.15) is 0 Å². The Kier molecular flexibility index (Phi) is 4.66. The number of nitrogens with one attached hydrogen (secondary N) is 1. The molecule has 0 bridgehead atoms. The normalized spacial score (nSPS) is 10.8. The lowest BCUT2D eigenvalue weighted by Crippen LogP contribution is -2.08. The number of H-pyrrole nitrogens is 1. The lowest BCUT2D eigenvalue weighted by atomic mass is 10.1. The van der Waals surface area contributed by atoms with Crippen molar-refractivity contribution < 1.29 is 4.42 Å². The SMILES string of the molecule is O=c1cc(-c2ccccc2)nc(SCc2coc(-c3ccccc3)n2)[nH]1. The van der Waals surface area contributed by atoms with Gasteiger partial charge in [0.25, 0.3) is 5.56 Å². The van der Waals surface area contributed by atoms with Crippen molar-refractivity contribution in [2.24, 2.45) is 0 Å². The average molecular weight is 361 g/mol. The predicted octanol–water partition coefficient (Wildman–Crippen LogP) is 4.38. The van der Waals surface area contributed by atoms with Crippen molar-refractivity contribution in [3.8, 4) is 22.7 Å². The van der Waals surface area contributed by atoms with Crippen LogP contribution in [-0.4, -0.2) is 15.0 Å². The Morgan fingerprint density at radius 3 is 2.35 bits per heavy atom. The van der Waals surface area contributed by atoms with Crippen LogP contribution in [0.3, 0.4) is 0 Å². The van der Waals surface area contributed by atoms with E-state index in [1.165, 1.54) is 17.8 Å². The summed E-state index contributed by atoms with van der Waals surface area (Å²) in [5.74, 6) is 1.14. The summed E-state index contributed by atoms with van der Waals surface area (Å²) in [6.07, 6.45) is 1.63. The average Bonchev–Trinajstić information content (AvgIpc) is 3.16. The van der Waals surface area contributed by atoms with Gasteiger partial charge in [0.1, 0.15) is 6.26 Å². The molecule has 0 radical (unpaired) electrons. The Balaban J connectivity index is 1.51. The molecule has 0 saturated carbocycles. The second-order valence-electron chi connectivity index (χ2n) is 5.60. The highest BCUT2D eigenvalue weighted by molar-refractivity contribution is 7.98. The van der Waals surface area contributed by atoms with Gasteiger partial charge in [0.05, 0.1) is 11.4 Å². The number of oxazole rings is 1. The van der Waals surface area contributed by atoms with E-state index in [0.717, 1.165) is 16.8 Å². The number of nitrogens with zero attached hydrogens (tertiary/aromatic N) is 2. The molecule has 2 aromatic heterocycles. The summed E-state index contributed by atoms with van der Waals surface area (Å²) in [4.78, 5) is 23.7. The van der Waals surface area contributed by atoms with Gasteiger partial charge in [-0.3, -0.25) is 4.79 Å². The summed E-state index contributed by atoms with van der Waals surface area (Å²) in [6.45, 7) is 0. The van der Waals surface area contributed by atoms with E-state index in [1.54, 1.807) is 6.26 Å². The Bertz CT molecular complexity index is 1060. The summed E-state index contributed by atoms with van der Waals surface area (Å²) in [7, 11) is 0. The summed E-state index contributed by atoms with van der Waals surface area (Å²) in [6, 6.07) is 20.9. The molecule has 128 valence electrons. The minimum absolute atomic E-state index is 0.175. The molecule has 0 unspecified atom stereocenters. The van der Waals surface area contributed by atoms with E-state index < -0.39 is 0 Å². The first-order valence-electron chi connectivity index (χ1n) is 8.07. The molecule has 4 aromatic rings. The first-order valence-corrected chi connectivity index (χ1v) is 9.06. The fraction of sp³-hybridized carbons (Fsp3) is 0.0500. The van der Waals surface area contributed by atoms with Crippen LogP contribution in [-0.2, 0) is 5.75 Å². The minimum Gasteiger partial charge on any atom is -0.444 e. The zero-order valence-electron chi connectivity index (χ0n) is 13.8. The minimum atomic E-state index is -0.175. The molecule has 0 amide bonds. The van der Waals surface area contributed by atoms with Gasteiger partial charge in [0, 0.05) is 22.9 Å². The van der Waals surface area contributed by atoms with Crippen LogP contribution in [0.2, 0.25) is 0 Å². The monoisotopic (exact) mass is 361 g/mol. The molecule has 1 N–H and O–H groups in total. The highest BCUT2D eigenvalue weighted by Crippen LogP contribution is 2.24. The third kappa shape index (κ3) is 3.75. The first kappa shape index (κ1) is 16.4. The number of hydrogen-bond acceptors (Lipinski definition) is 5. The topological polar surface area (TPSA) is 71.8 Å². The molecule has 2 aromatic carbocycles. The van der Waals surface area contributed by atoms with Gasteiger partial charge < -0.3 is 9.40 Å². The van der Waals surface area contributed by atoms with Gasteiger partial charge in [-0.25, -0.2) is 9.97 Å². The van der Waals surface area contributed by atoms with Gasteiger partial charge >= 0.3 is 0 Å². The fourth-order valence-electron chi connectivity index (χ4n) is 2.49. The summed E-state index contributed by atoms with van der Waals surface area (Å²) < 4.78 is 5.54. The highest BCUT2D eigenvalue weighted by atomic mass is 32.2. The largest absolute Gasteiger partial charge is 0.444 e. The van der Waals surface area contributed by atoms with E-state index >= 15 is 0 Å². The summed E-state index contributed by atoms with van der Waals surface area (Å²) >= 11 is 1.42. The van der Waals surface area contributed by atoms with Gasteiger partial charge in [-0.05, 0) is 12.1 Å². The molecule has 0 aliphatic carbocycles. The van der Waals surface area contributed by atoms with E-state index in [4.69, 9.17) is 4.42 Å². The standard InChI is InChI=1S/C20H15N3O2S/c24-18-11-17(14-7-3-1-4-8-14)22-20(23-18)26-13-16-12-25-19(21-16)15-9-5-2-6-10-15/h1-12H,13H2,(H,22,23,24). The quantitative estimate of drug-likeness (QED) is 0.422. The van der Waals surface area contributed by atoms with Gasteiger partial charge in [-0.1, -0.05) is 60.3 Å². The van der Waals surface area contributed by atoms with Crippen LogP contribution in [0, 0.1) is 0 Å². The van der Waals surface area contributed by atoms with Crippen LogP contribution >= 0.6 is 11.8 Å². The number of aromatic nitrogens is 3. The molecule has 0 fully saturated rings. The van der Waals surface area contributed by atoms with Crippen molar-refractivity contribution >= 4 is 11.8 Å². The highest BCUT2D eigenvalue weighted by Gasteiger charge is 2.09. The van der Waals surface area contributed by atoms with Gasteiger partial charge in [0.15, 0.2) is 5.16 Å². The molecular weight excluding hydrogens is 346 g/mol. The van der Waals surface area contributed by atoms with Gasteiger partial charge in [0.2, 0.25) is 5.89 Å². The molecule has 0 aliphatic heterocycles. The first-order chi connectivity index (χ1) is 12.8. The van der Waals surface area contributed by atoms with Crippen LogP contribution in [0.5, 0.6) is 0 Å². The Hall–Kier alpha value is -3.12. The number of rotatable bonds is 5. The van der Waals surface area contributed by atoms with Crippen molar-refractivity contribution in [3.63, 3.8) is 0 Å². The van der Waals surface area contributed by atoms with Crippen molar-refractivity contribution in [1.29, 1.82) is 0 Å². The number of aromatic amines is 1. The van der Waals surface area contributed by atoms with E-state index in [0.29, 0.717) is 22.5 Å². The van der Waals surface area contributed by atoms with Crippen LogP contribution in [0.1, 0.15) is 5.69 Å². The van der Waals surface area contributed by atoms with Crippen LogP contribution in [0.4, 0.5) is 0 Å². The van der Waals surface area contributed by atoms with E-state index in [1.807, 2.05) is 60.7 Å². The smallest absolute Gasteiger partial charge is 0.252 e. The lowest BCUT2D eigenvalue weighted by molar-refractivity contribution is 0.573. The fourth-order valence-corrected chi connectivity index (χ4v) is 3.24. The molecule has 0 aliphatic rings. The Labute approximate surface area is 154 Å². The van der Waals surface area contributed by atoms with Crippen molar-refractivity contribution in [3.05, 3.63) is 89.0 Å². The number of thioether (sulfide) groups is 1. The molecule has 0 spiro atoms. The molecular formula is C20H15N3O2S.